The van der Waals surface area contributed by atoms with Crippen LogP contribution in [-0.2, 0) is 0 Å². The van der Waals surface area contributed by atoms with Crippen molar-refractivity contribution in [2.45, 2.75) is 25.7 Å². The van der Waals surface area contributed by atoms with Crippen LogP contribution in [0.15, 0.2) is 10.8 Å². The quantitative estimate of drug-likeness (QED) is 0.810. The lowest BCUT2D eigenvalue weighted by Crippen LogP contribution is -2.48. The summed E-state index contributed by atoms with van der Waals surface area (Å²) in [6, 6.07) is 0.237. The summed E-state index contributed by atoms with van der Waals surface area (Å²) in [7, 11) is 1.16. The second kappa shape index (κ2) is 6.54. The molecule has 2 rings (SSSR count). The highest BCUT2D eigenvalue weighted by Crippen LogP contribution is 2.23. The third-order valence-corrected chi connectivity index (χ3v) is 3.61. The molecule has 6 nitrogen and oxygen atoms in total. The van der Waals surface area contributed by atoms with Gasteiger partial charge in [-0.15, -0.1) is 0 Å². The maximum absolute atomic E-state index is 9.64. The van der Waals surface area contributed by atoms with Gasteiger partial charge in [-0.25, -0.2) is 9.97 Å². The molecule has 0 unspecified atom stereocenters. The summed E-state index contributed by atoms with van der Waals surface area (Å²) in [6.45, 7) is 3.51. The highest BCUT2D eigenvalue weighted by atomic mass is 79.9. The second-order valence-corrected chi connectivity index (χ2v) is 5.47. The number of nitrogens with one attached hydrogen (secondary N) is 1. The van der Waals surface area contributed by atoms with E-state index in [0.717, 1.165) is 25.9 Å². The van der Waals surface area contributed by atoms with Gasteiger partial charge in [0.05, 0.1) is 13.3 Å². The number of halogens is 1. The minimum Gasteiger partial charge on any atom is -0.478 e. The molecule has 0 aromatic carbocycles. The Balaban J connectivity index is 2.06. The fraction of sp³-hybridized carbons (Fsp3) is 0.636. The van der Waals surface area contributed by atoms with Gasteiger partial charge in [0.15, 0.2) is 5.82 Å². The van der Waals surface area contributed by atoms with Gasteiger partial charge >= 0.3 is 7.05 Å². The molecule has 0 spiro atoms. The van der Waals surface area contributed by atoms with E-state index >= 15 is 0 Å². The van der Waals surface area contributed by atoms with Crippen molar-refractivity contribution in [3.63, 3.8) is 0 Å². The fourth-order valence-electron chi connectivity index (χ4n) is 2.26. The van der Waals surface area contributed by atoms with Crippen molar-refractivity contribution in [1.29, 1.82) is 0 Å². The third-order valence-electron chi connectivity index (χ3n) is 3.22. The molecule has 1 aromatic heterocycles. The summed E-state index contributed by atoms with van der Waals surface area (Å²) in [5.74, 6) is 1.12. The standard InChI is InChI=1S/C11H18BBrN4O2/c1-12(18)17-5-3-4-8(7-17)15-10-11(19-2)14-6-9(13)16-10/h6,8,18H,3-5,7H2,1-2H3,(H,15,16)/t8-/m1/s1. The Hall–Kier alpha value is -0.855. The second-order valence-electron chi connectivity index (χ2n) is 4.66. The predicted molar refractivity (Wildman–Crippen MR) is 78.3 cm³/mol. The predicted octanol–water partition coefficient (Wildman–Crippen LogP) is 1.23. The summed E-state index contributed by atoms with van der Waals surface area (Å²) >= 11 is 3.31. The van der Waals surface area contributed by atoms with Gasteiger partial charge < -0.3 is 19.9 Å². The van der Waals surface area contributed by atoms with E-state index < -0.39 is 7.05 Å². The van der Waals surface area contributed by atoms with Crippen molar-refractivity contribution in [3.8, 4) is 5.88 Å². The average molecular weight is 329 g/mol. The van der Waals surface area contributed by atoms with E-state index in [1.54, 1.807) is 20.1 Å². The van der Waals surface area contributed by atoms with Crippen LogP contribution in [0.4, 0.5) is 5.82 Å². The van der Waals surface area contributed by atoms with Crippen molar-refractivity contribution in [3.05, 3.63) is 10.8 Å². The molecule has 2 N–H and O–H groups in total. The van der Waals surface area contributed by atoms with Crippen LogP contribution in [0.25, 0.3) is 0 Å². The SMILES string of the molecule is COc1ncc(Br)nc1N[C@@H]1CCCN(B(C)O)C1. The highest BCUT2D eigenvalue weighted by molar-refractivity contribution is 9.10. The van der Waals surface area contributed by atoms with Crippen molar-refractivity contribution < 1.29 is 9.76 Å². The van der Waals surface area contributed by atoms with Gasteiger partial charge in [0.1, 0.15) is 4.60 Å². The number of nitrogens with zero attached hydrogens (tertiary/aromatic N) is 3. The molecular weight excluding hydrogens is 311 g/mol. The number of anilines is 1. The van der Waals surface area contributed by atoms with E-state index in [-0.39, 0.29) is 6.04 Å². The lowest BCUT2D eigenvalue weighted by Gasteiger charge is -2.34. The van der Waals surface area contributed by atoms with Gasteiger partial charge in [-0.3, -0.25) is 0 Å². The first-order valence-electron chi connectivity index (χ1n) is 6.35. The van der Waals surface area contributed by atoms with Crippen LogP contribution in [-0.4, -0.2) is 53.1 Å². The number of hydrogen-bond acceptors (Lipinski definition) is 6. The van der Waals surface area contributed by atoms with Gasteiger partial charge in [-0.05, 0) is 42.1 Å². The van der Waals surface area contributed by atoms with Gasteiger partial charge in [0, 0.05) is 12.6 Å². The Morgan fingerprint density at radius 2 is 2.42 bits per heavy atom. The summed E-state index contributed by atoms with van der Waals surface area (Å²) in [5.41, 5.74) is 0. The zero-order valence-electron chi connectivity index (χ0n) is 11.1. The Kier molecular flexibility index (Phi) is 5.01. The molecule has 104 valence electrons. The Labute approximate surface area is 121 Å². The van der Waals surface area contributed by atoms with E-state index in [2.05, 4.69) is 31.2 Å². The highest BCUT2D eigenvalue weighted by Gasteiger charge is 2.25. The number of piperidine rings is 1. The van der Waals surface area contributed by atoms with Gasteiger partial charge in [0.2, 0.25) is 0 Å². The summed E-state index contributed by atoms with van der Waals surface area (Å²) in [5, 5.41) is 13.0. The number of hydrogen-bond donors (Lipinski definition) is 2. The molecule has 1 atom stereocenters. The minimum atomic E-state index is -0.417. The van der Waals surface area contributed by atoms with Crippen LogP contribution in [0, 0.1) is 0 Å². The number of rotatable bonds is 4. The zero-order valence-corrected chi connectivity index (χ0v) is 12.7. The molecule has 0 bridgehead atoms. The topological polar surface area (TPSA) is 70.5 Å². The Morgan fingerprint density at radius 1 is 1.63 bits per heavy atom. The molecule has 0 amide bonds. The van der Waals surface area contributed by atoms with Crippen LogP contribution in [0.1, 0.15) is 12.8 Å². The summed E-state index contributed by atoms with van der Waals surface area (Å²) in [6.07, 6.45) is 3.69. The first kappa shape index (κ1) is 14.6. The van der Waals surface area contributed by atoms with Crippen LogP contribution < -0.4 is 10.1 Å². The molecule has 1 saturated heterocycles. The number of methoxy groups -OCH3 is 1. The normalized spacial score (nSPS) is 20.1. The summed E-state index contributed by atoms with van der Waals surface area (Å²) < 4.78 is 5.86. The maximum atomic E-state index is 9.64. The third kappa shape index (κ3) is 3.81. The van der Waals surface area contributed by atoms with E-state index in [4.69, 9.17) is 4.74 Å². The van der Waals surface area contributed by atoms with E-state index in [0.29, 0.717) is 16.3 Å². The smallest absolute Gasteiger partial charge is 0.376 e. The first-order chi connectivity index (χ1) is 9.10. The monoisotopic (exact) mass is 328 g/mol. The molecule has 2 heterocycles. The van der Waals surface area contributed by atoms with Crippen LogP contribution in [0.3, 0.4) is 0 Å². The number of ether oxygens (including phenoxy) is 1. The van der Waals surface area contributed by atoms with E-state index in [1.807, 2.05) is 4.81 Å². The van der Waals surface area contributed by atoms with Gasteiger partial charge in [-0.2, -0.15) is 0 Å². The van der Waals surface area contributed by atoms with Crippen molar-refractivity contribution in [1.82, 2.24) is 14.8 Å². The van der Waals surface area contributed by atoms with Crippen LogP contribution >= 0.6 is 15.9 Å². The Bertz CT molecular complexity index is 435. The average Bonchev–Trinajstić information content (AvgIpc) is 2.39. The molecule has 1 aliphatic heterocycles. The zero-order chi connectivity index (χ0) is 13.8. The minimum absolute atomic E-state index is 0.237. The molecule has 1 aliphatic rings. The van der Waals surface area contributed by atoms with Crippen molar-refractivity contribution in [2.24, 2.45) is 0 Å². The molecule has 0 aliphatic carbocycles. The van der Waals surface area contributed by atoms with Crippen LogP contribution in [0.2, 0.25) is 6.82 Å². The number of aromatic nitrogens is 2. The maximum Gasteiger partial charge on any atom is 0.376 e. The lowest BCUT2D eigenvalue weighted by molar-refractivity contribution is 0.294. The lowest BCUT2D eigenvalue weighted by atomic mass is 9.82. The van der Waals surface area contributed by atoms with E-state index in [9.17, 15) is 5.02 Å². The first-order valence-corrected chi connectivity index (χ1v) is 7.14. The molecule has 8 heteroatoms. The van der Waals surface area contributed by atoms with Crippen LogP contribution in [0.5, 0.6) is 5.88 Å². The molecule has 0 radical (unpaired) electrons. The summed E-state index contributed by atoms with van der Waals surface area (Å²) in [4.78, 5) is 10.5. The molecule has 1 fully saturated rings. The molecule has 19 heavy (non-hydrogen) atoms. The largest absolute Gasteiger partial charge is 0.478 e. The van der Waals surface area contributed by atoms with Gasteiger partial charge in [-0.1, -0.05) is 0 Å². The Morgan fingerprint density at radius 3 is 3.11 bits per heavy atom. The molecule has 1 aromatic rings. The van der Waals surface area contributed by atoms with Crippen molar-refractivity contribution >= 4 is 28.8 Å². The van der Waals surface area contributed by atoms with Gasteiger partial charge in [0.25, 0.3) is 5.88 Å². The molecule has 0 saturated carbocycles. The molecular formula is C11H18BBrN4O2. The fourth-order valence-corrected chi connectivity index (χ4v) is 2.54. The van der Waals surface area contributed by atoms with E-state index in [1.165, 1.54) is 0 Å². The van der Waals surface area contributed by atoms with Crippen molar-refractivity contribution in [2.75, 3.05) is 25.5 Å².